The van der Waals surface area contributed by atoms with Crippen molar-refractivity contribution in [2.75, 3.05) is 19.8 Å². The highest BCUT2D eigenvalue weighted by molar-refractivity contribution is 6.30. The Bertz CT molecular complexity index is 808. The number of amides is 2. The predicted molar refractivity (Wildman–Crippen MR) is 102 cm³/mol. The summed E-state index contributed by atoms with van der Waals surface area (Å²) >= 11 is 5.80. The Morgan fingerprint density at radius 2 is 1.70 bits per heavy atom. The minimum absolute atomic E-state index is 0.0642. The Morgan fingerprint density at radius 3 is 2.48 bits per heavy atom. The van der Waals surface area contributed by atoms with Crippen LogP contribution < -0.4 is 20.1 Å². The third-order valence-corrected chi connectivity index (χ3v) is 4.32. The maximum Gasteiger partial charge on any atom is 0.251 e. The maximum absolute atomic E-state index is 12.0. The van der Waals surface area contributed by atoms with Crippen LogP contribution in [-0.2, 0) is 11.3 Å². The molecule has 2 amide bonds. The summed E-state index contributed by atoms with van der Waals surface area (Å²) in [6, 6.07) is 12.3. The summed E-state index contributed by atoms with van der Waals surface area (Å²) in [7, 11) is 0. The van der Waals surface area contributed by atoms with Crippen molar-refractivity contribution in [2.45, 2.75) is 19.4 Å². The summed E-state index contributed by atoms with van der Waals surface area (Å²) in [6.07, 6.45) is 0.901. The van der Waals surface area contributed by atoms with Gasteiger partial charge in [0.2, 0.25) is 5.91 Å². The first kappa shape index (κ1) is 19.0. The molecule has 0 radical (unpaired) electrons. The monoisotopic (exact) mass is 388 g/mol. The predicted octanol–water partition coefficient (Wildman–Crippen LogP) is 2.94. The van der Waals surface area contributed by atoms with Crippen LogP contribution in [0.15, 0.2) is 42.5 Å². The van der Waals surface area contributed by atoms with Gasteiger partial charge in [0, 0.05) is 30.1 Å². The van der Waals surface area contributed by atoms with Gasteiger partial charge in [-0.1, -0.05) is 17.7 Å². The molecule has 142 valence electrons. The molecule has 1 aliphatic rings. The van der Waals surface area contributed by atoms with E-state index in [2.05, 4.69) is 10.6 Å². The first-order chi connectivity index (χ1) is 13.1. The fraction of sp³-hybridized carbons (Fsp3) is 0.300. The Hall–Kier alpha value is -2.73. The number of carbonyl (C=O) groups is 2. The largest absolute Gasteiger partial charge is 0.486 e. The van der Waals surface area contributed by atoms with Crippen LogP contribution in [0, 0.1) is 0 Å². The lowest BCUT2D eigenvalue weighted by molar-refractivity contribution is -0.121. The van der Waals surface area contributed by atoms with Crippen molar-refractivity contribution >= 4 is 23.4 Å². The molecule has 0 atom stereocenters. The average molecular weight is 389 g/mol. The Morgan fingerprint density at radius 1 is 0.963 bits per heavy atom. The molecule has 0 fully saturated rings. The van der Waals surface area contributed by atoms with Gasteiger partial charge in [-0.3, -0.25) is 9.59 Å². The molecule has 2 aromatic rings. The standard InChI is InChI=1S/C20H21ClN2O4/c21-16-6-4-15(5-7-16)20(25)22-9-1-2-19(24)23-13-14-3-8-17-18(12-14)27-11-10-26-17/h3-8,12H,1-2,9-11,13H2,(H,22,25)(H,23,24). The van der Waals surface area contributed by atoms with Gasteiger partial charge in [0.15, 0.2) is 11.5 Å². The lowest BCUT2D eigenvalue weighted by Crippen LogP contribution is -2.27. The van der Waals surface area contributed by atoms with Gasteiger partial charge in [-0.15, -0.1) is 0 Å². The summed E-state index contributed by atoms with van der Waals surface area (Å²) in [5.41, 5.74) is 1.49. The smallest absolute Gasteiger partial charge is 0.251 e. The highest BCUT2D eigenvalue weighted by Gasteiger charge is 2.12. The maximum atomic E-state index is 12.0. The quantitative estimate of drug-likeness (QED) is 0.715. The average Bonchev–Trinajstić information content (AvgIpc) is 2.70. The van der Waals surface area contributed by atoms with Gasteiger partial charge in [0.1, 0.15) is 13.2 Å². The molecular weight excluding hydrogens is 368 g/mol. The minimum Gasteiger partial charge on any atom is -0.486 e. The summed E-state index contributed by atoms with van der Waals surface area (Å²) in [4.78, 5) is 23.9. The zero-order chi connectivity index (χ0) is 19.1. The lowest BCUT2D eigenvalue weighted by atomic mass is 10.2. The van der Waals surface area contributed by atoms with Crippen LogP contribution >= 0.6 is 11.6 Å². The van der Waals surface area contributed by atoms with Crippen LogP contribution in [-0.4, -0.2) is 31.6 Å². The molecule has 27 heavy (non-hydrogen) atoms. The number of halogens is 1. The molecule has 7 heteroatoms. The van der Waals surface area contributed by atoms with E-state index in [0.717, 1.165) is 11.3 Å². The third-order valence-electron chi connectivity index (χ3n) is 4.07. The zero-order valence-corrected chi connectivity index (χ0v) is 15.6. The molecule has 0 unspecified atom stereocenters. The van der Waals surface area contributed by atoms with E-state index in [1.165, 1.54) is 0 Å². The SMILES string of the molecule is O=C(CCCNC(=O)c1ccc(Cl)cc1)NCc1ccc2c(c1)OCCO2. The molecule has 1 heterocycles. The molecule has 3 rings (SSSR count). The van der Waals surface area contributed by atoms with E-state index < -0.39 is 0 Å². The van der Waals surface area contributed by atoms with E-state index >= 15 is 0 Å². The van der Waals surface area contributed by atoms with Gasteiger partial charge in [0.05, 0.1) is 0 Å². The Labute approximate surface area is 162 Å². The summed E-state index contributed by atoms with van der Waals surface area (Å²) in [5.74, 6) is 1.19. The van der Waals surface area contributed by atoms with Crippen LogP contribution in [0.1, 0.15) is 28.8 Å². The van der Waals surface area contributed by atoms with Gasteiger partial charge in [-0.25, -0.2) is 0 Å². The Balaban J connectivity index is 1.35. The molecule has 2 N–H and O–H groups in total. The summed E-state index contributed by atoms with van der Waals surface area (Å²) < 4.78 is 11.0. The second kappa shape index (κ2) is 9.28. The number of carbonyl (C=O) groups excluding carboxylic acids is 2. The molecule has 0 saturated heterocycles. The van der Waals surface area contributed by atoms with Crippen molar-refractivity contribution in [3.63, 3.8) is 0 Å². The topological polar surface area (TPSA) is 76.7 Å². The summed E-state index contributed by atoms with van der Waals surface area (Å²) in [6.45, 7) is 1.94. The molecule has 0 aromatic heterocycles. The normalized spacial score (nSPS) is 12.3. The van der Waals surface area contributed by atoms with E-state index in [-0.39, 0.29) is 11.8 Å². The van der Waals surface area contributed by atoms with Gasteiger partial charge in [0.25, 0.3) is 5.91 Å². The van der Waals surface area contributed by atoms with Crippen LogP contribution in [0.4, 0.5) is 0 Å². The minimum atomic E-state index is -0.177. The van der Waals surface area contributed by atoms with Crippen LogP contribution in [0.2, 0.25) is 5.02 Å². The van der Waals surface area contributed by atoms with Crippen molar-refractivity contribution in [3.8, 4) is 11.5 Å². The van der Waals surface area contributed by atoms with Crippen LogP contribution in [0.5, 0.6) is 11.5 Å². The zero-order valence-electron chi connectivity index (χ0n) is 14.8. The molecule has 6 nitrogen and oxygen atoms in total. The number of hydrogen-bond acceptors (Lipinski definition) is 4. The van der Waals surface area contributed by atoms with E-state index in [4.69, 9.17) is 21.1 Å². The van der Waals surface area contributed by atoms with Crippen LogP contribution in [0.3, 0.4) is 0 Å². The number of fused-ring (bicyclic) bond motifs is 1. The highest BCUT2D eigenvalue weighted by atomic mass is 35.5. The first-order valence-corrected chi connectivity index (χ1v) is 9.18. The second-order valence-corrected chi connectivity index (χ2v) is 6.56. The van der Waals surface area contributed by atoms with Crippen molar-refractivity contribution in [2.24, 2.45) is 0 Å². The third kappa shape index (κ3) is 5.62. The lowest BCUT2D eigenvalue weighted by Gasteiger charge is -2.19. The molecule has 1 aliphatic heterocycles. The van der Waals surface area contributed by atoms with Crippen molar-refractivity contribution in [3.05, 3.63) is 58.6 Å². The van der Waals surface area contributed by atoms with E-state index in [0.29, 0.717) is 55.5 Å². The fourth-order valence-electron chi connectivity index (χ4n) is 2.64. The summed E-state index contributed by atoms with van der Waals surface area (Å²) in [5, 5.41) is 6.24. The van der Waals surface area contributed by atoms with E-state index in [1.807, 2.05) is 18.2 Å². The number of ether oxygens (including phenoxy) is 2. The molecule has 0 aliphatic carbocycles. The van der Waals surface area contributed by atoms with Crippen LogP contribution in [0.25, 0.3) is 0 Å². The second-order valence-electron chi connectivity index (χ2n) is 6.12. The number of nitrogens with one attached hydrogen (secondary N) is 2. The number of benzene rings is 2. The molecule has 0 bridgehead atoms. The van der Waals surface area contributed by atoms with E-state index in [9.17, 15) is 9.59 Å². The fourth-order valence-corrected chi connectivity index (χ4v) is 2.77. The first-order valence-electron chi connectivity index (χ1n) is 8.81. The number of hydrogen-bond donors (Lipinski definition) is 2. The van der Waals surface area contributed by atoms with Gasteiger partial charge in [-0.2, -0.15) is 0 Å². The molecule has 0 spiro atoms. The van der Waals surface area contributed by atoms with Crippen molar-refractivity contribution < 1.29 is 19.1 Å². The molecular formula is C20H21ClN2O4. The molecule has 0 saturated carbocycles. The van der Waals surface area contributed by atoms with Crippen molar-refractivity contribution in [1.82, 2.24) is 10.6 Å². The Kier molecular flexibility index (Phi) is 6.54. The molecule has 2 aromatic carbocycles. The van der Waals surface area contributed by atoms with Gasteiger partial charge < -0.3 is 20.1 Å². The number of rotatable bonds is 7. The highest BCUT2D eigenvalue weighted by Crippen LogP contribution is 2.30. The van der Waals surface area contributed by atoms with Gasteiger partial charge in [-0.05, 0) is 48.4 Å². The van der Waals surface area contributed by atoms with E-state index in [1.54, 1.807) is 24.3 Å². The van der Waals surface area contributed by atoms with Gasteiger partial charge >= 0.3 is 0 Å². The van der Waals surface area contributed by atoms with Crippen molar-refractivity contribution in [1.29, 1.82) is 0 Å².